The van der Waals surface area contributed by atoms with E-state index in [2.05, 4.69) is 56.9 Å². The number of hydrogen-bond acceptors (Lipinski definition) is 4. The first-order valence-electron chi connectivity index (χ1n) is 10.2. The first kappa shape index (κ1) is 18.0. The lowest BCUT2D eigenvalue weighted by Crippen LogP contribution is -2.33. The Morgan fingerprint density at radius 2 is 1.62 bits per heavy atom. The molecular formula is C22H31N3S. The van der Waals surface area contributed by atoms with Gasteiger partial charge in [-0.3, -0.25) is 4.90 Å². The summed E-state index contributed by atoms with van der Waals surface area (Å²) < 4.78 is 0. The Morgan fingerprint density at radius 1 is 0.885 bits per heavy atom. The Labute approximate surface area is 162 Å². The van der Waals surface area contributed by atoms with Crippen molar-refractivity contribution in [3.05, 3.63) is 52.2 Å². The van der Waals surface area contributed by atoms with Gasteiger partial charge in [-0.05, 0) is 74.3 Å². The fraction of sp³-hybridized carbons (Fsp3) is 0.545. The van der Waals surface area contributed by atoms with Crippen molar-refractivity contribution in [3.8, 4) is 0 Å². The van der Waals surface area contributed by atoms with E-state index in [9.17, 15) is 0 Å². The van der Waals surface area contributed by atoms with Gasteiger partial charge < -0.3 is 10.2 Å². The predicted octanol–water partition coefficient (Wildman–Crippen LogP) is 4.67. The average Bonchev–Trinajstić information content (AvgIpc) is 3.41. The third-order valence-electron chi connectivity index (χ3n) is 5.78. The Bertz CT molecular complexity index is 641. The molecule has 1 unspecified atom stereocenters. The van der Waals surface area contributed by atoms with Crippen LogP contribution in [0, 0.1) is 0 Å². The predicted molar refractivity (Wildman–Crippen MR) is 112 cm³/mol. The van der Waals surface area contributed by atoms with E-state index >= 15 is 0 Å². The number of rotatable bonds is 7. The fourth-order valence-electron chi connectivity index (χ4n) is 4.27. The minimum absolute atomic E-state index is 0.533. The van der Waals surface area contributed by atoms with Gasteiger partial charge in [0.2, 0.25) is 0 Å². The third-order valence-corrected chi connectivity index (χ3v) is 6.75. The lowest BCUT2D eigenvalue weighted by molar-refractivity contribution is 0.242. The molecule has 4 rings (SSSR count). The van der Waals surface area contributed by atoms with E-state index in [1.54, 1.807) is 0 Å². The van der Waals surface area contributed by atoms with Crippen molar-refractivity contribution in [2.24, 2.45) is 0 Å². The van der Waals surface area contributed by atoms with Crippen LogP contribution in [0.15, 0.2) is 41.8 Å². The molecule has 4 heteroatoms. The number of thiophene rings is 1. The summed E-state index contributed by atoms with van der Waals surface area (Å²) in [5.41, 5.74) is 2.78. The van der Waals surface area contributed by atoms with Gasteiger partial charge in [0, 0.05) is 36.7 Å². The average molecular weight is 370 g/mol. The zero-order chi connectivity index (χ0) is 17.6. The summed E-state index contributed by atoms with van der Waals surface area (Å²) in [5, 5.41) is 5.92. The van der Waals surface area contributed by atoms with Crippen LogP contribution in [0.1, 0.15) is 48.6 Å². The summed E-state index contributed by atoms with van der Waals surface area (Å²) in [4.78, 5) is 6.68. The van der Waals surface area contributed by atoms with Gasteiger partial charge in [0.25, 0.3) is 0 Å². The molecule has 0 aliphatic carbocycles. The number of piperidine rings is 1. The van der Waals surface area contributed by atoms with Gasteiger partial charge in [-0.2, -0.15) is 0 Å². The van der Waals surface area contributed by atoms with Crippen molar-refractivity contribution in [1.29, 1.82) is 0 Å². The third kappa shape index (κ3) is 4.48. The second kappa shape index (κ2) is 9.03. The minimum atomic E-state index is 0.533. The number of nitrogens with zero attached hydrogens (tertiary/aromatic N) is 2. The highest BCUT2D eigenvalue weighted by Crippen LogP contribution is 2.28. The maximum Gasteiger partial charge on any atom is 0.0566 e. The maximum absolute atomic E-state index is 3.72. The number of anilines is 1. The molecule has 1 aromatic carbocycles. The van der Waals surface area contributed by atoms with E-state index in [-0.39, 0.29) is 0 Å². The summed E-state index contributed by atoms with van der Waals surface area (Å²) in [6.07, 6.45) is 6.76. The first-order chi connectivity index (χ1) is 12.9. The van der Waals surface area contributed by atoms with E-state index < -0.39 is 0 Å². The van der Waals surface area contributed by atoms with Gasteiger partial charge in [0.05, 0.1) is 6.04 Å². The van der Waals surface area contributed by atoms with Crippen molar-refractivity contribution < 1.29 is 0 Å². The molecule has 0 saturated carbocycles. The highest BCUT2D eigenvalue weighted by atomic mass is 32.1. The van der Waals surface area contributed by atoms with Crippen molar-refractivity contribution in [3.63, 3.8) is 0 Å². The van der Waals surface area contributed by atoms with E-state index in [0.717, 1.165) is 13.1 Å². The van der Waals surface area contributed by atoms with E-state index in [1.807, 2.05) is 11.3 Å². The van der Waals surface area contributed by atoms with Gasteiger partial charge in [-0.15, -0.1) is 11.3 Å². The Kier molecular flexibility index (Phi) is 6.26. The lowest BCUT2D eigenvalue weighted by Gasteiger charge is -2.29. The quantitative estimate of drug-likeness (QED) is 0.765. The molecule has 2 aromatic rings. The van der Waals surface area contributed by atoms with Gasteiger partial charge >= 0.3 is 0 Å². The molecule has 1 atom stereocenters. The van der Waals surface area contributed by atoms with Gasteiger partial charge in [-0.1, -0.05) is 18.2 Å². The van der Waals surface area contributed by atoms with E-state index in [4.69, 9.17) is 0 Å². The normalized spacial score (nSPS) is 19.8. The van der Waals surface area contributed by atoms with Crippen molar-refractivity contribution in [1.82, 2.24) is 10.2 Å². The molecule has 0 amide bonds. The van der Waals surface area contributed by atoms with E-state index in [1.165, 1.54) is 74.4 Å². The molecule has 2 aliphatic heterocycles. The monoisotopic (exact) mass is 369 g/mol. The number of nitrogens with one attached hydrogen (secondary N) is 1. The zero-order valence-electron chi connectivity index (χ0n) is 15.7. The highest BCUT2D eigenvalue weighted by molar-refractivity contribution is 7.10. The smallest absolute Gasteiger partial charge is 0.0566 e. The van der Waals surface area contributed by atoms with Crippen LogP contribution in [0.4, 0.5) is 5.69 Å². The Balaban J connectivity index is 1.31. The van der Waals surface area contributed by atoms with Crippen LogP contribution in [0.3, 0.4) is 0 Å². The summed E-state index contributed by atoms with van der Waals surface area (Å²) >= 11 is 1.89. The zero-order valence-corrected chi connectivity index (χ0v) is 16.5. The molecule has 26 heavy (non-hydrogen) atoms. The van der Waals surface area contributed by atoms with Crippen molar-refractivity contribution in [2.75, 3.05) is 37.6 Å². The Hall–Kier alpha value is -1.36. The summed E-state index contributed by atoms with van der Waals surface area (Å²) in [6, 6.07) is 14.2. The van der Waals surface area contributed by atoms with Crippen LogP contribution in [-0.2, 0) is 6.54 Å². The van der Waals surface area contributed by atoms with E-state index in [0.29, 0.717) is 6.04 Å². The van der Waals surface area contributed by atoms with Crippen LogP contribution in [-0.4, -0.2) is 37.6 Å². The van der Waals surface area contributed by atoms with Crippen LogP contribution in [0.5, 0.6) is 0 Å². The molecule has 0 spiro atoms. The fourth-order valence-corrected chi connectivity index (χ4v) is 5.13. The van der Waals surface area contributed by atoms with Crippen LogP contribution < -0.4 is 10.2 Å². The van der Waals surface area contributed by atoms with Crippen molar-refractivity contribution in [2.45, 2.75) is 44.7 Å². The van der Waals surface area contributed by atoms with Gasteiger partial charge in [-0.25, -0.2) is 0 Å². The number of benzene rings is 1. The molecule has 1 aromatic heterocycles. The summed E-state index contributed by atoms with van der Waals surface area (Å²) in [7, 11) is 0. The molecule has 0 bridgehead atoms. The van der Waals surface area contributed by atoms with Crippen LogP contribution in [0.2, 0.25) is 0 Å². The molecule has 2 saturated heterocycles. The molecule has 1 N–H and O–H groups in total. The molecule has 0 radical (unpaired) electrons. The molecule has 3 heterocycles. The second-order valence-corrected chi connectivity index (χ2v) is 8.60. The maximum atomic E-state index is 3.72. The second-order valence-electron chi connectivity index (χ2n) is 7.62. The van der Waals surface area contributed by atoms with Gasteiger partial charge in [0.1, 0.15) is 0 Å². The van der Waals surface area contributed by atoms with Crippen LogP contribution in [0.25, 0.3) is 0 Å². The topological polar surface area (TPSA) is 18.5 Å². The van der Waals surface area contributed by atoms with Crippen LogP contribution >= 0.6 is 11.3 Å². The highest BCUT2D eigenvalue weighted by Gasteiger charge is 2.23. The lowest BCUT2D eigenvalue weighted by atomic mass is 10.1. The number of likely N-dealkylation sites (tertiary alicyclic amines) is 1. The molecule has 2 aliphatic rings. The number of hydrogen-bond donors (Lipinski definition) is 1. The molecule has 3 nitrogen and oxygen atoms in total. The van der Waals surface area contributed by atoms with Gasteiger partial charge in [0.15, 0.2) is 0 Å². The molecular weight excluding hydrogens is 338 g/mol. The minimum Gasteiger partial charge on any atom is -0.372 e. The first-order valence-corrected chi connectivity index (χ1v) is 11.1. The SMILES string of the molecule is c1csc(C(CNCc2ccc(N3CCCCC3)cc2)N2CCCC2)c1. The Morgan fingerprint density at radius 3 is 2.31 bits per heavy atom. The summed E-state index contributed by atoms with van der Waals surface area (Å²) in [6.45, 7) is 6.92. The molecule has 2 fully saturated rings. The summed E-state index contributed by atoms with van der Waals surface area (Å²) in [5.74, 6) is 0. The standard InChI is InChI=1S/C22H31N3S/c1-2-12-24(13-3-1)20-10-8-19(9-11-20)17-23-18-21(22-7-6-16-26-22)25-14-4-5-15-25/h6-11,16,21,23H,1-5,12-15,17-18H2. The molecule has 140 valence electrons. The van der Waals surface area contributed by atoms with Crippen molar-refractivity contribution >= 4 is 17.0 Å². The largest absolute Gasteiger partial charge is 0.372 e.